The lowest BCUT2D eigenvalue weighted by Crippen LogP contribution is -2.45. The minimum Gasteiger partial charge on any atom is -0.345 e. The first-order valence-corrected chi connectivity index (χ1v) is 7.40. The summed E-state index contributed by atoms with van der Waals surface area (Å²) in [7, 11) is 0. The fraction of sp³-hybridized carbons (Fsp3) is 0.857. The summed E-state index contributed by atoms with van der Waals surface area (Å²) < 4.78 is 0. The fourth-order valence-electron chi connectivity index (χ4n) is 2.97. The lowest BCUT2D eigenvalue weighted by atomic mass is 9.96. The Hall–Kier alpha value is -1.10. The van der Waals surface area contributed by atoms with E-state index in [-0.39, 0.29) is 17.9 Å². The molecule has 1 N–H and O–H groups in total. The number of hydrogen-bond acceptors (Lipinski definition) is 3. The number of carbonyl (C=O) groups is 2. The van der Waals surface area contributed by atoms with Crippen molar-refractivity contribution >= 4 is 11.8 Å². The molecule has 0 spiro atoms. The van der Waals surface area contributed by atoms with Crippen LogP contribution in [0.1, 0.15) is 33.1 Å². The molecule has 0 aromatic rings. The van der Waals surface area contributed by atoms with Gasteiger partial charge >= 0.3 is 0 Å². The molecule has 1 unspecified atom stereocenters. The Bertz CT molecular complexity index is 338. The lowest BCUT2D eigenvalue weighted by Gasteiger charge is -2.34. The Balaban J connectivity index is 1.87. The number of nitrogens with zero attached hydrogens (tertiary/aromatic N) is 2. The Morgan fingerprint density at radius 1 is 1.21 bits per heavy atom. The molecule has 0 aliphatic carbocycles. The predicted octanol–water partition coefficient (Wildman–Crippen LogP) is 0.455. The highest BCUT2D eigenvalue weighted by Crippen LogP contribution is 2.19. The molecule has 2 aliphatic heterocycles. The van der Waals surface area contributed by atoms with Crippen LogP contribution < -0.4 is 5.32 Å². The number of rotatable bonds is 3. The summed E-state index contributed by atoms with van der Waals surface area (Å²) in [6, 6.07) is -0.370. The Kier molecular flexibility index (Phi) is 4.80. The van der Waals surface area contributed by atoms with E-state index in [1.807, 2.05) is 4.90 Å². The van der Waals surface area contributed by atoms with Crippen molar-refractivity contribution in [3.63, 3.8) is 0 Å². The molecule has 2 heterocycles. The summed E-state index contributed by atoms with van der Waals surface area (Å²) in [5.41, 5.74) is 0. The molecular weight excluding hydrogens is 242 g/mol. The second kappa shape index (κ2) is 6.37. The highest BCUT2D eigenvalue weighted by Gasteiger charge is 2.29. The van der Waals surface area contributed by atoms with Crippen molar-refractivity contribution in [2.24, 2.45) is 5.92 Å². The zero-order chi connectivity index (χ0) is 13.8. The third-order valence-electron chi connectivity index (χ3n) is 4.30. The molecule has 19 heavy (non-hydrogen) atoms. The van der Waals surface area contributed by atoms with Crippen LogP contribution in [0.3, 0.4) is 0 Å². The quantitative estimate of drug-likeness (QED) is 0.808. The minimum atomic E-state index is -0.370. The van der Waals surface area contributed by atoms with Crippen LogP contribution in [0, 0.1) is 5.92 Å². The second-order valence-corrected chi connectivity index (χ2v) is 5.70. The van der Waals surface area contributed by atoms with Gasteiger partial charge in [0.1, 0.15) is 6.04 Å². The summed E-state index contributed by atoms with van der Waals surface area (Å²) >= 11 is 0. The van der Waals surface area contributed by atoms with E-state index in [0.717, 1.165) is 39.0 Å². The summed E-state index contributed by atoms with van der Waals surface area (Å²) in [5.74, 6) is 0.653. The maximum Gasteiger partial charge on any atom is 0.244 e. The SMILES string of the molecule is CCN1CCC(CN2CCC(=O)NC(C)C2=O)CC1. The monoisotopic (exact) mass is 267 g/mol. The third kappa shape index (κ3) is 3.69. The van der Waals surface area contributed by atoms with Crippen LogP contribution in [0.15, 0.2) is 0 Å². The molecule has 0 aromatic carbocycles. The van der Waals surface area contributed by atoms with Crippen LogP contribution in [-0.2, 0) is 9.59 Å². The fourth-order valence-corrected chi connectivity index (χ4v) is 2.97. The number of hydrogen-bond donors (Lipinski definition) is 1. The number of amides is 2. The maximum absolute atomic E-state index is 12.2. The van der Waals surface area contributed by atoms with E-state index in [1.54, 1.807) is 6.92 Å². The molecule has 0 radical (unpaired) electrons. The molecule has 5 heteroatoms. The number of carbonyl (C=O) groups excluding carboxylic acids is 2. The molecule has 2 amide bonds. The summed E-state index contributed by atoms with van der Waals surface area (Å²) in [6.45, 7) is 8.74. The van der Waals surface area contributed by atoms with E-state index in [4.69, 9.17) is 0 Å². The number of likely N-dealkylation sites (tertiary alicyclic amines) is 1. The van der Waals surface area contributed by atoms with Gasteiger partial charge in [0.2, 0.25) is 11.8 Å². The summed E-state index contributed by atoms with van der Waals surface area (Å²) in [5, 5.41) is 2.74. The molecule has 2 aliphatic rings. The highest BCUT2D eigenvalue weighted by molar-refractivity contribution is 5.89. The zero-order valence-electron chi connectivity index (χ0n) is 12.0. The second-order valence-electron chi connectivity index (χ2n) is 5.70. The molecule has 0 bridgehead atoms. The van der Waals surface area contributed by atoms with Crippen LogP contribution in [0.2, 0.25) is 0 Å². The van der Waals surface area contributed by atoms with E-state index in [9.17, 15) is 9.59 Å². The molecule has 5 nitrogen and oxygen atoms in total. The van der Waals surface area contributed by atoms with Gasteiger partial charge in [-0.1, -0.05) is 6.92 Å². The average Bonchev–Trinajstić information content (AvgIpc) is 2.53. The molecule has 2 rings (SSSR count). The first kappa shape index (κ1) is 14.3. The number of piperidine rings is 1. The van der Waals surface area contributed by atoms with Crippen LogP contribution in [-0.4, -0.2) is 60.4 Å². The van der Waals surface area contributed by atoms with E-state index in [2.05, 4.69) is 17.1 Å². The average molecular weight is 267 g/mol. The normalized spacial score (nSPS) is 27.3. The Morgan fingerprint density at radius 3 is 2.53 bits per heavy atom. The first-order chi connectivity index (χ1) is 9.10. The zero-order valence-corrected chi connectivity index (χ0v) is 12.0. The predicted molar refractivity (Wildman–Crippen MR) is 73.6 cm³/mol. The van der Waals surface area contributed by atoms with Gasteiger partial charge in [-0.2, -0.15) is 0 Å². The summed E-state index contributed by atoms with van der Waals surface area (Å²) in [6.07, 6.45) is 2.75. The Morgan fingerprint density at radius 2 is 1.89 bits per heavy atom. The van der Waals surface area contributed by atoms with Crippen molar-refractivity contribution in [1.82, 2.24) is 15.1 Å². The first-order valence-electron chi connectivity index (χ1n) is 7.40. The molecule has 1 atom stereocenters. The largest absolute Gasteiger partial charge is 0.345 e. The molecule has 0 aromatic heterocycles. The van der Waals surface area contributed by atoms with Crippen molar-refractivity contribution in [2.45, 2.75) is 39.2 Å². The van der Waals surface area contributed by atoms with E-state index < -0.39 is 0 Å². The van der Waals surface area contributed by atoms with Crippen molar-refractivity contribution in [1.29, 1.82) is 0 Å². The van der Waals surface area contributed by atoms with Crippen molar-refractivity contribution in [3.05, 3.63) is 0 Å². The van der Waals surface area contributed by atoms with Gasteiger partial charge in [-0.05, 0) is 45.3 Å². The van der Waals surface area contributed by atoms with Gasteiger partial charge in [0.15, 0.2) is 0 Å². The van der Waals surface area contributed by atoms with Gasteiger partial charge in [-0.15, -0.1) is 0 Å². The Labute approximate surface area is 115 Å². The summed E-state index contributed by atoms with van der Waals surface area (Å²) in [4.78, 5) is 28.0. The molecule has 2 saturated heterocycles. The minimum absolute atomic E-state index is 0.0100. The van der Waals surface area contributed by atoms with E-state index in [0.29, 0.717) is 18.9 Å². The third-order valence-corrected chi connectivity index (χ3v) is 4.30. The lowest BCUT2D eigenvalue weighted by molar-refractivity contribution is -0.133. The molecule has 2 fully saturated rings. The maximum atomic E-state index is 12.2. The molecule has 0 saturated carbocycles. The van der Waals surface area contributed by atoms with Gasteiger partial charge in [0.25, 0.3) is 0 Å². The van der Waals surface area contributed by atoms with Crippen LogP contribution in [0.4, 0.5) is 0 Å². The van der Waals surface area contributed by atoms with Crippen molar-refractivity contribution in [2.75, 3.05) is 32.7 Å². The smallest absolute Gasteiger partial charge is 0.244 e. The highest BCUT2D eigenvalue weighted by atomic mass is 16.2. The van der Waals surface area contributed by atoms with Gasteiger partial charge < -0.3 is 15.1 Å². The van der Waals surface area contributed by atoms with Gasteiger partial charge in [0, 0.05) is 19.5 Å². The van der Waals surface area contributed by atoms with Gasteiger partial charge in [0.05, 0.1) is 0 Å². The standard InChI is InChI=1S/C14H25N3O2/c1-3-16-7-4-12(5-8-16)10-17-9-6-13(18)15-11(2)14(17)19/h11-12H,3-10H2,1-2H3,(H,15,18). The van der Waals surface area contributed by atoms with Crippen LogP contribution in [0.25, 0.3) is 0 Å². The van der Waals surface area contributed by atoms with E-state index in [1.165, 1.54) is 0 Å². The van der Waals surface area contributed by atoms with Crippen LogP contribution in [0.5, 0.6) is 0 Å². The topological polar surface area (TPSA) is 52.6 Å². The van der Waals surface area contributed by atoms with Crippen molar-refractivity contribution in [3.8, 4) is 0 Å². The van der Waals surface area contributed by atoms with Crippen LogP contribution >= 0.6 is 0 Å². The number of nitrogens with one attached hydrogen (secondary N) is 1. The molecular formula is C14H25N3O2. The van der Waals surface area contributed by atoms with Gasteiger partial charge in [-0.25, -0.2) is 0 Å². The van der Waals surface area contributed by atoms with E-state index >= 15 is 0 Å². The van der Waals surface area contributed by atoms with Gasteiger partial charge in [-0.3, -0.25) is 9.59 Å². The molecule has 108 valence electrons. The van der Waals surface area contributed by atoms with Crippen molar-refractivity contribution < 1.29 is 9.59 Å².